The minimum absolute atomic E-state index is 0.891. The number of carbonyl (C=O) groups is 2. The molecule has 0 unspecified atom stereocenters. The fourth-order valence-corrected chi connectivity index (χ4v) is 0.143. The van der Waals surface area contributed by atoms with Gasteiger partial charge in [0.25, 0.3) is 0 Å². The lowest BCUT2D eigenvalue weighted by Crippen LogP contribution is -1.83. The van der Waals surface area contributed by atoms with Gasteiger partial charge in [-0.15, -0.1) is 0 Å². The molecule has 0 aliphatic carbocycles. The average Bonchev–Trinajstić information content (AvgIpc) is 1.62. The molecule has 0 radical (unpaired) electrons. The van der Waals surface area contributed by atoms with Gasteiger partial charge in [-0.3, -0.25) is 0 Å². The van der Waals surface area contributed by atoms with Gasteiger partial charge in [-0.2, -0.15) is 0 Å². The second kappa shape index (κ2) is 7.48. The number of rotatable bonds is 1. The number of carboxylic acids is 1. The highest BCUT2D eigenvalue weighted by Gasteiger charge is 1.76. The third-order valence-corrected chi connectivity index (χ3v) is 0.309. The molecule has 0 atom stereocenters. The molecule has 0 heterocycles. The summed E-state index contributed by atoms with van der Waals surface area (Å²) in [7, 11) is 0. The van der Waals surface area contributed by atoms with E-state index < -0.39 is 12.1 Å². The Morgan fingerprint density at radius 2 is 1.50 bits per heavy atom. The molecular weight excluding hydrogens is 140 g/mol. The monoisotopic (exact) mass is 148 g/mol. The molecule has 0 amide bonds. The zero-order valence-electron chi connectivity index (χ0n) is 5.31. The standard InChI is InChI=1S/C4H6O2.CH2O3/c1-2-3-4(5)6;2-1(3)4/h2-3H,1H3,(H,5,6);(H2,2,3,4). The van der Waals surface area contributed by atoms with E-state index in [9.17, 15) is 4.79 Å². The molecule has 0 saturated carbocycles. The largest absolute Gasteiger partial charge is 0.503 e. The zero-order chi connectivity index (χ0) is 8.57. The van der Waals surface area contributed by atoms with E-state index in [2.05, 4.69) is 0 Å². The SMILES string of the molecule is CC=CC(=O)O.O=C(O)O. The average molecular weight is 148 g/mol. The van der Waals surface area contributed by atoms with Crippen molar-refractivity contribution in [3.63, 3.8) is 0 Å². The number of aliphatic carboxylic acids is 1. The van der Waals surface area contributed by atoms with E-state index in [1.54, 1.807) is 6.92 Å². The predicted molar refractivity (Wildman–Crippen MR) is 33.1 cm³/mol. The van der Waals surface area contributed by atoms with Crippen molar-refractivity contribution in [2.45, 2.75) is 6.92 Å². The molecule has 5 nitrogen and oxygen atoms in total. The maximum atomic E-state index is 9.51. The Hall–Kier alpha value is -1.52. The van der Waals surface area contributed by atoms with Crippen molar-refractivity contribution in [3.05, 3.63) is 12.2 Å². The second-order valence-corrected chi connectivity index (χ2v) is 1.12. The first-order valence-corrected chi connectivity index (χ1v) is 2.28. The Morgan fingerprint density at radius 1 is 1.20 bits per heavy atom. The van der Waals surface area contributed by atoms with Crippen LogP contribution in [-0.4, -0.2) is 27.4 Å². The van der Waals surface area contributed by atoms with Crippen LogP contribution in [0.15, 0.2) is 12.2 Å². The predicted octanol–water partition coefficient (Wildman–Crippen LogP) is 0.869. The van der Waals surface area contributed by atoms with E-state index in [-0.39, 0.29) is 0 Å². The van der Waals surface area contributed by atoms with Crippen molar-refractivity contribution in [2.24, 2.45) is 0 Å². The van der Waals surface area contributed by atoms with Crippen molar-refractivity contribution >= 4 is 12.1 Å². The van der Waals surface area contributed by atoms with Gasteiger partial charge < -0.3 is 15.3 Å². The minimum Gasteiger partial charge on any atom is -0.478 e. The summed E-state index contributed by atoms with van der Waals surface area (Å²) < 4.78 is 0. The summed E-state index contributed by atoms with van der Waals surface area (Å²) in [6, 6.07) is 0. The van der Waals surface area contributed by atoms with Gasteiger partial charge in [-0.1, -0.05) is 6.08 Å². The Balaban J connectivity index is 0. The molecule has 0 aliphatic heterocycles. The minimum atomic E-state index is -1.83. The third-order valence-electron chi connectivity index (χ3n) is 0.309. The number of hydrogen-bond acceptors (Lipinski definition) is 2. The summed E-state index contributed by atoms with van der Waals surface area (Å²) >= 11 is 0. The van der Waals surface area contributed by atoms with E-state index in [0.717, 1.165) is 6.08 Å². The van der Waals surface area contributed by atoms with Crippen LogP contribution in [0.1, 0.15) is 6.92 Å². The van der Waals surface area contributed by atoms with Gasteiger partial charge in [-0.05, 0) is 6.92 Å². The molecule has 3 N–H and O–H groups in total. The summed E-state index contributed by atoms with van der Waals surface area (Å²) in [6.07, 6.45) is 0.725. The Bertz CT molecular complexity index is 133. The summed E-state index contributed by atoms with van der Waals surface area (Å²) in [6.45, 7) is 1.66. The lowest BCUT2D eigenvalue weighted by Gasteiger charge is -1.68. The van der Waals surface area contributed by atoms with Gasteiger partial charge in [0, 0.05) is 6.08 Å². The maximum absolute atomic E-state index is 9.51. The zero-order valence-corrected chi connectivity index (χ0v) is 5.31. The van der Waals surface area contributed by atoms with E-state index >= 15 is 0 Å². The van der Waals surface area contributed by atoms with Crippen LogP contribution in [0.4, 0.5) is 4.79 Å². The molecule has 0 saturated heterocycles. The quantitative estimate of drug-likeness (QED) is 0.479. The number of allylic oxidation sites excluding steroid dienone is 1. The van der Waals surface area contributed by atoms with Gasteiger partial charge >= 0.3 is 12.1 Å². The van der Waals surface area contributed by atoms with Crippen LogP contribution in [-0.2, 0) is 4.79 Å². The van der Waals surface area contributed by atoms with Crippen LogP contribution in [0.3, 0.4) is 0 Å². The third kappa shape index (κ3) is 88.8. The van der Waals surface area contributed by atoms with Crippen LogP contribution in [0.25, 0.3) is 0 Å². The molecule has 10 heavy (non-hydrogen) atoms. The molecule has 0 fully saturated rings. The first-order chi connectivity index (χ1) is 4.50. The number of carboxylic acid groups (broad SMARTS) is 3. The highest BCUT2D eigenvalue weighted by Crippen LogP contribution is 1.65. The molecule has 0 rings (SSSR count). The molecule has 5 heteroatoms. The molecule has 58 valence electrons. The lowest BCUT2D eigenvalue weighted by atomic mass is 10.5. The first kappa shape index (κ1) is 11.3. The van der Waals surface area contributed by atoms with Crippen LogP contribution in [0.5, 0.6) is 0 Å². The molecule has 0 aromatic heterocycles. The fourth-order valence-electron chi connectivity index (χ4n) is 0.143. The van der Waals surface area contributed by atoms with Crippen molar-refractivity contribution in [1.29, 1.82) is 0 Å². The Labute approximate surface area is 57.2 Å². The molecule has 0 spiro atoms. The topological polar surface area (TPSA) is 94.8 Å². The van der Waals surface area contributed by atoms with E-state index in [1.807, 2.05) is 0 Å². The van der Waals surface area contributed by atoms with Gasteiger partial charge in [-0.25, -0.2) is 9.59 Å². The van der Waals surface area contributed by atoms with E-state index in [1.165, 1.54) is 6.08 Å². The first-order valence-electron chi connectivity index (χ1n) is 2.28. The Kier molecular flexibility index (Phi) is 8.45. The van der Waals surface area contributed by atoms with E-state index in [0.29, 0.717) is 0 Å². The summed E-state index contributed by atoms with van der Waals surface area (Å²) in [5.41, 5.74) is 0. The molecule has 0 aromatic carbocycles. The van der Waals surface area contributed by atoms with Gasteiger partial charge in [0.05, 0.1) is 0 Å². The number of hydrogen-bond donors (Lipinski definition) is 3. The maximum Gasteiger partial charge on any atom is 0.503 e. The summed E-state index contributed by atoms with van der Waals surface area (Å²) in [5, 5.41) is 21.8. The molecule has 0 bridgehead atoms. The second-order valence-electron chi connectivity index (χ2n) is 1.12. The van der Waals surface area contributed by atoms with Gasteiger partial charge in [0.2, 0.25) is 0 Å². The van der Waals surface area contributed by atoms with Crippen LogP contribution >= 0.6 is 0 Å². The van der Waals surface area contributed by atoms with Crippen LogP contribution in [0.2, 0.25) is 0 Å². The van der Waals surface area contributed by atoms with Gasteiger partial charge in [0.15, 0.2) is 0 Å². The lowest BCUT2D eigenvalue weighted by molar-refractivity contribution is -0.131. The van der Waals surface area contributed by atoms with Crippen molar-refractivity contribution in [1.82, 2.24) is 0 Å². The normalized spacial score (nSPS) is 8.10. The van der Waals surface area contributed by atoms with Crippen molar-refractivity contribution in [2.75, 3.05) is 0 Å². The molecular formula is C5H8O5. The summed E-state index contributed by atoms with van der Waals surface area (Å²) in [5.74, 6) is -0.891. The highest BCUT2D eigenvalue weighted by atomic mass is 16.6. The molecule has 0 aliphatic rings. The summed E-state index contributed by atoms with van der Waals surface area (Å²) in [4.78, 5) is 18.1. The molecule has 0 aromatic rings. The highest BCUT2D eigenvalue weighted by molar-refractivity contribution is 5.79. The fraction of sp³-hybridized carbons (Fsp3) is 0.200. The Morgan fingerprint density at radius 3 is 1.50 bits per heavy atom. The van der Waals surface area contributed by atoms with Crippen LogP contribution < -0.4 is 0 Å². The van der Waals surface area contributed by atoms with Crippen molar-refractivity contribution in [3.8, 4) is 0 Å². The van der Waals surface area contributed by atoms with Crippen LogP contribution in [0, 0.1) is 0 Å². The van der Waals surface area contributed by atoms with E-state index in [4.69, 9.17) is 20.1 Å². The smallest absolute Gasteiger partial charge is 0.478 e. The van der Waals surface area contributed by atoms with Crippen molar-refractivity contribution < 1.29 is 24.9 Å². The van der Waals surface area contributed by atoms with Gasteiger partial charge in [0.1, 0.15) is 0 Å².